The monoisotopic (exact) mass is 1080 g/mol. The lowest BCUT2D eigenvalue weighted by molar-refractivity contribution is -0.489. The van der Waals surface area contributed by atoms with Gasteiger partial charge in [-0.05, 0) is 56.1 Å². The van der Waals surface area contributed by atoms with Gasteiger partial charge in [-0.2, -0.15) is 87.8 Å². The van der Waals surface area contributed by atoms with E-state index in [-0.39, 0.29) is 41.8 Å². The zero-order valence-corrected chi connectivity index (χ0v) is 31.5. The van der Waals surface area contributed by atoms with E-state index >= 15 is 0 Å². The highest BCUT2D eigenvalue weighted by molar-refractivity contribution is 9.11. The molecule has 30 heteroatoms. The maximum Gasteiger partial charge on any atom is 0.384 e. The lowest BCUT2D eigenvalue weighted by Crippen LogP contribution is -2.82. The highest BCUT2D eigenvalue weighted by atomic mass is 79.9. The van der Waals surface area contributed by atoms with Crippen molar-refractivity contribution < 1.29 is 106 Å². The van der Waals surface area contributed by atoms with Crippen LogP contribution in [0.15, 0.2) is 45.3 Å². The Hall–Kier alpha value is -2.92. The Morgan fingerprint density at radius 3 is 0.914 bits per heavy atom. The number of hydrogen-bond donors (Lipinski definition) is 2. The molecule has 3 aliphatic rings. The second kappa shape index (κ2) is 14.1. The minimum Gasteiger partial charge on any atom is -0.399 e. The molecule has 2 aliphatic carbocycles. The summed E-state index contributed by atoms with van der Waals surface area (Å²) in [5.41, 5.74) is -6.87. The SMILES string of the molecule is Nc1c(Br)cc(C2(F)C(F)(F)C(F)(F)C(F)(F)C(F)(F)C2(F)F)cc1Br.Nc1ccc(C2(F)C(F)(F)C(F)(F)C(F)(F)C(F)(F)C2(F)F)cc1.O=C1CCC(=O)N1Br. The molecule has 1 aliphatic heterocycles. The summed E-state index contributed by atoms with van der Waals surface area (Å²) in [4.78, 5) is 20.9. The standard InChI is InChI=1S/C12H4Br2F11N.C12H6F11N.C4H4BrNO2/c13-4-1-3(2-5(14)6(4)26)7(15)8(16,17)10(20,21)12(24,25)11(22,23)9(7,18)19;13-7(5-1-3-6(24)4-2-5)8(14,15)10(18,19)12(22,23)11(20,21)9(7,16)17;5-6-3(7)1-2-4(6)8/h1-2H,26H2;1-4H,24H2;1-2H2. The van der Waals surface area contributed by atoms with E-state index in [0.29, 0.717) is 25.0 Å². The predicted octanol–water partition coefficient (Wildman–Crippen LogP) is 11.2. The number of nitrogen functional groups attached to an aromatic ring is 2. The van der Waals surface area contributed by atoms with Gasteiger partial charge in [0.25, 0.3) is 11.3 Å². The largest absolute Gasteiger partial charge is 0.399 e. The third-order valence-corrected chi connectivity index (χ3v) is 10.8. The first-order chi connectivity index (χ1) is 25.5. The van der Waals surface area contributed by atoms with Crippen molar-refractivity contribution in [2.75, 3.05) is 11.5 Å². The summed E-state index contributed by atoms with van der Waals surface area (Å²) < 4.78 is 299. The maximum absolute atomic E-state index is 14.8. The normalized spacial score (nSPS) is 26.7. The molecule has 0 radical (unpaired) electrons. The summed E-state index contributed by atoms with van der Waals surface area (Å²) >= 11 is 7.82. The molecule has 2 saturated carbocycles. The molecule has 328 valence electrons. The first-order valence-electron chi connectivity index (χ1n) is 14.3. The van der Waals surface area contributed by atoms with Gasteiger partial charge in [0.2, 0.25) is 11.8 Å². The van der Waals surface area contributed by atoms with Gasteiger partial charge in [-0.3, -0.25) is 9.59 Å². The average Bonchev–Trinajstić information content (AvgIpc) is 3.39. The number of benzene rings is 2. The molecule has 5 rings (SSSR count). The molecule has 0 aromatic heterocycles. The lowest BCUT2D eigenvalue weighted by atomic mass is 9.69. The fraction of sp³-hybridized carbons (Fsp3) is 0.500. The molecule has 2 aromatic rings. The van der Waals surface area contributed by atoms with E-state index in [1.807, 2.05) is 0 Å². The number of rotatable bonds is 2. The number of amides is 2. The molecule has 2 amide bonds. The number of anilines is 2. The van der Waals surface area contributed by atoms with Crippen molar-refractivity contribution >= 4 is 71.2 Å². The van der Waals surface area contributed by atoms with Crippen molar-refractivity contribution in [2.45, 2.75) is 83.4 Å². The topological polar surface area (TPSA) is 89.4 Å². The number of halogens is 25. The van der Waals surface area contributed by atoms with Crippen molar-refractivity contribution in [3.63, 3.8) is 0 Å². The quantitative estimate of drug-likeness (QED) is 0.136. The van der Waals surface area contributed by atoms with Crippen molar-refractivity contribution in [3.8, 4) is 0 Å². The Bertz CT molecular complexity index is 1860. The smallest absolute Gasteiger partial charge is 0.384 e. The fourth-order valence-corrected chi connectivity index (χ4v) is 6.75. The predicted molar refractivity (Wildman–Crippen MR) is 162 cm³/mol. The molecule has 0 bridgehead atoms. The molecule has 0 unspecified atom stereocenters. The Labute approximate surface area is 332 Å². The Balaban J connectivity index is 0.000000261. The highest BCUT2D eigenvalue weighted by Crippen LogP contribution is 2.74. The maximum atomic E-state index is 14.8. The molecule has 0 spiro atoms. The van der Waals surface area contributed by atoms with Crippen LogP contribution < -0.4 is 11.5 Å². The molecule has 58 heavy (non-hydrogen) atoms. The number of carbonyl (C=O) groups excluding carboxylic acids is 2. The summed E-state index contributed by atoms with van der Waals surface area (Å²) in [6, 6.07) is 0.965. The van der Waals surface area contributed by atoms with Crippen molar-refractivity contribution in [1.82, 2.24) is 3.93 Å². The lowest BCUT2D eigenvalue weighted by Gasteiger charge is -2.52. The van der Waals surface area contributed by atoms with Gasteiger partial charge in [0.1, 0.15) is 0 Å². The van der Waals surface area contributed by atoms with Gasteiger partial charge in [0, 0.05) is 38.6 Å². The van der Waals surface area contributed by atoms with Crippen LogP contribution in [0, 0.1) is 0 Å². The van der Waals surface area contributed by atoms with Crippen LogP contribution in [0.25, 0.3) is 0 Å². The fourth-order valence-electron chi connectivity index (χ4n) is 5.21. The second-order valence-corrected chi connectivity index (χ2v) is 14.5. The van der Waals surface area contributed by atoms with Gasteiger partial charge in [0.05, 0.1) is 21.8 Å². The van der Waals surface area contributed by atoms with Gasteiger partial charge in [0.15, 0.2) is 0 Å². The summed E-state index contributed by atoms with van der Waals surface area (Å²) in [5.74, 6) is -70.9. The van der Waals surface area contributed by atoms with Crippen LogP contribution in [0.1, 0.15) is 24.0 Å². The van der Waals surface area contributed by atoms with Crippen molar-refractivity contribution in [3.05, 3.63) is 56.5 Å². The molecule has 1 heterocycles. The third-order valence-electron chi connectivity index (χ3n) is 8.66. The van der Waals surface area contributed by atoms with Crippen LogP contribution >= 0.6 is 48.0 Å². The van der Waals surface area contributed by atoms with Gasteiger partial charge in [-0.25, -0.2) is 12.7 Å². The number of carbonyl (C=O) groups is 2. The first kappa shape index (κ1) is 49.4. The zero-order chi connectivity index (χ0) is 45.9. The number of nitrogens with two attached hydrogens (primary N) is 2. The number of nitrogens with zero attached hydrogens (tertiary/aromatic N) is 1. The molecule has 3 fully saturated rings. The van der Waals surface area contributed by atoms with Crippen LogP contribution in [0.3, 0.4) is 0 Å². The molecule has 4 N–H and O–H groups in total. The Morgan fingerprint density at radius 1 is 0.431 bits per heavy atom. The minimum absolute atomic E-state index is 0.00244. The molecule has 1 saturated heterocycles. The summed E-state index contributed by atoms with van der Waals surface area (Å²) in [6.45, 7) is 0. The molecular weight excluding hydrogens is 1070 g/mol. The Morgan fingerprint density at radius 2 is 0.672 bits per heavy atom. The van der Waals surface area contributed by atoms with Crippen molar-refractivity contribution in [1.29, 1.82) is 0 Å². The van der Waals surface area contributed by atoms with E-state index in [1.54, 1.807) is 0 Å². The summed E-state index contributed by atoms with van der Waals surface area (Å²) in [6.07, 6.45) is 0.703. The highest BCUT2D eigenvalue weighted by Gasteiger charge is 3.02. The average molecular weight is 1080 g/mol. The molecule has 0 atom stereocenters. The zero-order valence-electron chi connectivity index (χ0n) is 26.7. The van der Waals surface area contributed by atoms with Crippen LogP contribution in [0.5, 0.6) is 0 Å². The third kappa shape index (κ3) is 5.91. The summed E-state index contributed by atoms with van der Waals surface area (Å²) in [5, 5.41) is 0. The minimum atomic E-state index is -7.25. The van der Waals surface area contributed by atoms with Gasteiger partial charge in [-0.15, -0.1) is 0 Å². The number of imide groups is 1. The van der Waals surface area contributed by atoms with E-state index in [4.69, 9.17) is 11.5 Å². The molecular formula is C28H14Br3F22N3O2. The second-order valence-electron chi connectivity index (χ2n) is 12.1. The van der Waals surface area contributed by atoms with Gasteiger partial charge >= 0.3 is 59.2 Å². The van der Waals surface area contributed by atoms with Crippen LogP contribution in [0.2, 0.25) is 0 Å². The number of alkyl halides is 22. The molecule has 2 aromatic carbocycles. The van der Waals surface area contributed by atoms with E-state index in [1.165, 1.54) is 0 Å². The van der Waals surface area contributed by atoms with E-state index in [9.17, 15) is 106 Å². The number of hydrogen-bond acceptors (Lipinski definition) is 4. The summed E-state index contributed by atoms with van der Waals surface area (Å²) in [7, 11) is 0. The first-order valence-corrected chi connectivity index (χ1v) is 16.6. The van der Waals surface area contributed by atoms with Crippen LogP contribution in [-0.2, 0) is 20.9 Å². The van der Waals surface area contributed by atoms with Crippen LogP contribution in [-0.4, -0.2) is 75.0 Å². The van der Waals surface area contributed by atoms with Gasteiger partial charge < -0.3 is 11.5 Å². The van der Waals surface area contributed by atoms with E-state index in [0.717, 1.165) is 3.93 Å². The van der Waals surface area contributed by atoms with E-state index < -0.39 is 96.3 Å². The van der Waals surface area contributed by atoms with Crippen LogP contribution in [0.4, 0.5) is 108 Å². The van der Waals surface area contributed by atoms with Crippen molar-refractivity contribution in [2.24, 2.45) is 0 Å². The van der Waals surface area contributed by atoms with E-state index in [2.05, 4.69) is 48.0 Å². The molecule has 5 nitrogen and oxygen atoms in total. The Kier molecular flexibility index (Phi) is 12.0. The van der Waals surface area contributed by atoms with Gasteiger partial charge in [-0.1, -0.05) is 12.1 Å².